The highest BCUT2D eigenvalue weighted by atomic mass is 16.5. The van der Waals surface area contributed by atoms with Crippen LogP contribution in [0.2, 0.25) is 0 Å². The van der Waals surface area contributed by atoms with E-state index < -0.39 is 5.41 Å². The molecule has 2 heterocycles. The first-order valence-electron chi connectivity index (χ1n) is 9.43. The normalized spacial score (nSPS) is 18.1. The van der Waals surface area contributed by atoms with E-state index in [0.717, 1.165) is 36.2 Å². The molecule has 7 heteroatoms. The number of primary amides is 1. The van der Waals surface area contributed by atoms with Crippen molar-refractivity contribution in [2.24, 2.45) is 11.1 Å². The van der Waals surface area contributed by atoms with Crippen molar-refractivity contribution in [3.8, 4) is 5.69 Å². The number of amides is 2. The zero-order valence-corrected chi connectivity index (χ0v) is 15.2. The van der Waals surface area contributed by atoms with Gasteiger partial charge >= 0.3 is 0 Å². The van der Waals surface area contributed by atoms with Crippen LogP contribution in [0.25, 0.3) is 5.69 Å². The molecule has 142 valence electrons. The number of carbonyl (C=O) groups is 2. The molecule has 1 saturated heterocycles. The summed E-state index contributed by atoms with van der Waals surface area (Å²) in [7, 11) is 0. The summed E-state index contributed by atoms with van der Waals surface area (Å²) in [6, 6.07) is 9.84. The molecule has 1 aliphatic carbocycles. The third kappa shape index (κ3) is 3.23. The number of nitrogens with one attached hydrogen (secondary N) is 1. The fraction of sp³-hybridized carbons (Fsp3) is 0.450. The van der Waals surface area contributed by atoms with Gasteiger partial charge in [0.15, 0.2) is 5.69 Å². The van der Waals surface area contributed by atoms with Gasteiger partial charge in [0, 0.05) is 31.0 Å². The number of fused-ring (bicyclic) bond motifs is 1. The van der Waals surface area contributed by atoms with Gasteiger partial charge in [-0.15, -0.1) is 0 Å². The summed E-state index contributed by atoms with van der Waals surface area (Å²) >= 11 is 0. The van der Waals surface area contributed by atoms with Crippen molar-refractivity contribution in [1.29, 1.82) is 0 Å². The van der Waals surface area contributed by atoms with Crippen molar-refractivity contribution in [3.05, 3.63) is 47.3 Å². The molecule has 0 spiro atoms. The van der Waals surface area contributed by atoms with Crippen molar-refractivity contribution in [2.45, 2.75) is 32.1 Å². The lowest BCUT2D eigenvalue weighted by Crippen LogP contribution is -2.49. The maximum Gasteiger partial charge on any atom is 0.272 e. The third-order valence-corrected chi connectivity index (χ3v) is 5.71. The second-order valence-corrected chi connectivity index (χ2v) is 7.31. The summed E-state index contributed by atoms with van der Waals surface area (Å²) in [6.45, 7) is 1.19. The lowest BCUT2D eigenvalue weighted by Gasteiger charge is -2.34. The van der Waals surface area contributed by atoms with E-state index in [2.05, 4.69) is 10.4 Å². The fourth-order valence-corrected chi connectivity index (χ4v) is 4.01. The van der Waals surface area contributed by atoms with Gasteiger partial charge in [0.25, 0.3) is 5.91 Å². The second kappa shape index (κ2) is 7.15. The number of ether oxygens (including phenoxy) is 1. The van der Waals surface area contributed by atoms with Crippen molar-refractivity contribution < 1.29 is 14.3 Å². The van der Waals surface area contributed by atoms with Gasteiger partial charge in [-0.2, -0.15) is 5.10 Å². The average molecular weight is 368 g/mol. The molecular weight excluding hydrogens is 344 g/mol. The van der Waals surface area contributed by atoms with Crippen molar-refractivity contribution in [3.63, 3.8) is 0 Å². The van der Waals surface area contributed by atoms with Crippen LogP contribution < -0.4 is 11.1 Å². The Hall–Kier alpha value is -2.67. The van der Waals surface area contributed by atoms with Crippen LogP contribution in [0.3, 0.4) is 0 Å². The standard InChI is InChI=1S/C20H24N4O3/c21-19(26)20(9-11-27-12-10-20)13-22-18(25)17-15-7-4-8-16(15)24(23-17)14-5-2-1-3-6-14/h1-3,5-6H,4,7-13H2,(H2,21,26)(H,22,25). The molecule has 3 N–H and O–H groups in total. The number of hydrogen-bond acceptors (Lipinski definition) is 4. The van der Waals surface area contributed by atoms with E-state index in [4.69, 9.17) is 10.5 Å². The van der Waals surface area contributed by atoms with Gasteiger partial charge < -0.3 is 15.8 Å². The van der Waals surface area contributed by atoms with E-state index in [1.165, 1.54) is 0 Å². The largest absolute Gasteiger partial charge is 0.381 e. The fourth-order valence-electron chi connectivity index (χ4n) is 4.01. The topological polar surface area (TPSA) is 99.2 Å². The van der Waals surface area contributed by atoms with Crippen LogP contribution >= 0.6 is 0 Å². The minimum Gasteiger partial charge on any atom is -0.381 e. The number of para-hydroxylation sites is 1. The molecule has 2 amide bonds. The van der Waals surface area contributed by atoms with Gasteiger partial charge in [0.05, 0.1) is 11.1 Å². The number of aromatic nitrogens is 2. The number of benzene rings is 1. The predicted molar refractivity (Wildman–Crippen MR) is 99.6 cm³/mol. The van der Waals surface area contributed by atoms with Gasteiger partial charge in [0.2, 0.25) is 5.91 Å². The molecule has 0 atom stereocenters. The van der Waals surface area contributed by atoms with Gasteiger partial charge in [-0.3, -0.25) is 9.59 Å². The van der Waals surface area contributed by atoms with E-state index in [1.807, 2.05) is 35.0 Å². The highest BCUT2D eigenvalue weighted by Gasteiger charge is 2.39. The van der Waals surface area contributed by atoms with Crippen LogP contribution in [0.4, 0.5) is 0 Å². The first-order valence-corrected chi connectivity index (χ1v) is 9.43. The SMILES string of the molecule is NC(=O)C1(CNC(=O)c2nn(-c3ccccc3)c3c2CCC3)CCOCC1. The molecule has 1 aromatic carbocycles. The number of hydrogen-bond donors (Lipinski definition) is 2. The quantitative estimate of drug-likeness (QED) is 0.833. The molecule has 2 aliphatic rings. The van der Waals surface area contributed by atoms with E-state index in [-0.39, 0.29) is 18.4 Å². The van der Waals surface area contributed by atoms with E-state index in [0.29, 0.717) is 31.7 Å². The van der Waals surface area contributed by atoms with Crippen molar-refractivity contribution >= 4 is 11.8 Å². The summed E-state index contributed by atoms with van der Waals surface area (Å²) in [6.07, 6.45) is 3.83. The second-order valence-electron chi connectivity index (χ2n) is 7.31. The van der Waals surface area contributed by atoms with Gasteiger partial charge in [0.1, 0.15) is 0 Å². The number of rotatable bonds is 5. The highest BCUT2D eigenvalue weighted by Crippen LogP contribution is 2.30. The summed E-state index contributed by atoms with van der Waals surface area (Å²) in [5, 5.41) is 7.51. The molecule has 1 aromatic heterocycles. The minimum absolute atomic E-state index is 0.220. The van der Waals surface area contributed by atoms with Gasteiger partial charge in [-0.05, 0) is 44.2 Å². The van der Waals surface area contributed by atoms with Gasteiger partial charge in [-0.25, -0.2) is 4.68 Å². The van der Waals surface area contributed by atoms with E-state index in [1.54, 1.807) is 0 Å². The van der Waals surface area contributed by atoms with Crippen LogP contribution in [0.5, 0.6) is 0 Å². The lowest BCUT2D eigenvalue weighted by atomic mass is 9.79. The summed E-state index contributed by atoms with van der Waals surface area (Å²) in [5.74, 6) is -0.624. The minimum atomic E-state index is -0.737. The van der Waals surface area contributed by atoms with E-state index >= 15 is 0 Å². The molecule has 0 radical (unpaired) electrons. The maximum atomic E-state index is 12.9. The van der Waals surface area contributed by atoms with Gasteiger partial charge in [-0.1, -0.05) is 18.2 Å². The van der Waals surface area contributed by atoms with Crippen LogP contribution in [0.15, 0.2) is 30.3 Å². The highest BCUT2D eigenvalue weighted by molar-refractivity contribution is 5.95. The molecule has 27 heavy (non-hydrogen) atoms. The first-order chi connectivity index (χ1) is 13.1. The van der Waals surface area contributed by atoms with Crippen molar-refractivity contribution in [1.82, 2.24) is 15.1 Å². The Labute approximate surface area is 157 Å². The monoisotopic (exact) mass is 368 g/mol. The smallest absolute Gasteiger partial charge is 0.272 e. The van der Waals surface area contributed by atoms with Crippen molar-refractivity contribution in [2.75, 3.05) is 19.8 Å². The Morgan fingerprint density at radius 3 is 2.63 bits per heavy atom. The van der Waals surface area contributed by atoms with Crippen LogP contribution in [-0.4, -0.2) is 41.4 Å². The summed E-state index contributed by atoms with van der Waals surface area (Å²) in [5.41, 5.74) is 8.41. The number of nitrogens with zero attached hydrogens (tertiary/aromatic N) is 2. The Bertz CT molecular complexity index is 854. The molecule has 7 nitrogen and oxygen atoms in total. The molecular formula is C20H24N4O3. The molecule has 1 aliphatic heterocycles. The first kappa shape index (κ1) is 17.7. The number of carbonyl (C=O) groups excluding carboxylic acids is 2. The van der Waals surface area contributed by atoms with Crippen LogP contribution in [0.1, 0.15) is 41.0 Å². The zero-order chi connectivity index (χ0) is 18.9. The molecule has 2 aromatic rings. The Morgan fingerprint density at radius 1 is 1.19 bits per heavy atom. The number of nitrogens with two attached hydrogens (primary N) is 1. The Morgan fingerprint density at radius 2 is 1.93 bits per heavy atom. The Kier molecular flexibility index (Phi) is 4.70. The molecule has 0 unspecified atom stereocenters. The molecule has 0 saturated carbocycles. The van der Waals surface area contributed by atoms with E-state index in [9.17, 15) is 9.59 Å². The van der Waals surface area contributed by atoms with Crippen LogP contribution in [-0.2, 0) is 22.4 Å². The summed E-state index contributed by atoms with van der Waals surface area (Å²) in [4.78, 5) is 24.9. The third-order valence-electron chi connectivity index (χ3n) is 5.71. The predicted octanol–water partition coefficient (Wildman–Crippen LogP) is 1.37. The average Bonchev–Trinajstić information content (AvgIpc) is 3.30. The molecule has 0 bridgehead atoms. The van der Waals surface area contributed by atoms with Crippen LogP contribution in [0, 0.1) is 5.41 Å². The zero-order valence-electron chi connectivity index (χ0n) is 15.2. The maximum absolute atomic E-state index is 12.9. The Balaban J connectivity index is 1.57. The summed E-state index contributed by atoms with van der Waals surface area (Å²) < 4.78 is 7.21. The molecule has 4 rings (SSSR count). The molecule has 1 fully saturated rings. The lowest BCUT2D eigenvalue weighted by molar-refractivity contribution is -0.132.